The molecule has 0 saturated carbocycles. The van der Waals surface area contributed by atoms with Crippen molar-refractivity contribution in [3.63, 3.8) is 0 Å². The van der Waals surface area contributed by atoms with Gasteiger partial charge in [0.05, 0.1) is 12.7 Å². The highest BCUT2D eigenvalue weighted by molar-refractivity contribution is 5.22. The molecule has 2 rings (SSSR count). The second kappa shape index (κ2) is 6.46. The van der Waals surface area contributed by atoms with Crippen LogP contribution in [-0.4, -0.2) is 49.0 Å². The van der Waals surface area contributed by atoms with Crippen molar-refractivity contribution in [2.75, 3.05) is 26.8 Å². The van der Waals surface area contributed by atoms with E-state index in [0.29, 0.717) is 25.1 Å². The summed E-state index contributed by atoms with van der Waals surface area (Å²) in [6.07, 6.45) is 0.602. The third kappa shape index (κ3) is 3.75. The normalized spacial score (nSPS) is 25.7. The Balaban J connectivity index is 1.95. The van der Waals surface area contributed by atoms with Gasteiger partial charge < -0.3 is 9.84 Å². The van der Waals surface area contributed by atoms with Crippen LogP contribution < -0.4 is 0 Å². The van der Waals surface area contributed by atoms with Crippen LogP contribution in [0, 0.1) is 5.82 Å². The molecule has 1 aliphatic heterocycles. The molecule has 3 atom stereocenters. The average Bonchev–Trinajstić information content (AvgIpc) is 2.72. The number of hydrogen-bond donors (Lipinski definition) is 1. The predicted molar refractivity (Wildman–Crippen MR) is 72.7 cm³/mol. The van der Waals surface area contributed by atoms with Crippen LogP contribution in [0.1, 0.15) is 24.8 Å². The Morgan fingerprint density at radius 1 is 1.42 bits per heavy atom. The molecule has 1 aliphatic rings. The smallest absolute Gasteiger partial charge is 0.123 e. The number of aliphatic hydroxyl groups is 1. The molecule has 1 aromatic rings. The zero-order valence-electron chi connectivity index (χ0n) is 11.6. The Kier molecular flexibility index (Phi) is 4.91. The summed E-state index contributed by atoms with van der Waals surface area (Å²) in [5, 5.41) is 9.80. The molecule has 0 unspecified atom stereocenters. The molecule has 4 heteroatoms. The van der Waals surface area contributed by atoms with Gasteiger partial charge in [0, 0.05) is 26.2 Å². The first-order chi connectivity index (χ1) is 9.10. The molecule has 0 aliphatic carbocycles. The highest BCUT2D eigenvalue weighted by atomic mass is 19.1. The summed E-state index contributed by atoms with van der Waals surface area (Å²) in [4.78, 5) is 2.28. The second-order valence-electron chi connectivity index (χ2n) is 5.40. The zero-order valence-corrected chi connectivity index (χ0v) is 11.6. The van der Waals surface area contributed by atoms with Crippen LogP contribution in [-0.2, 0) is 4.74 Å². The van der Waals surface area contributed by atoms with E-state index in [0.717, 1.165) is 13.0 Å². The van der Waals surface area contributed by atoms with Crippen LogP contribution in [0.3, 0.4) is 0 Å². The lowest BCUT2D eigenvalue weighted by Gasteiger charge is -2.23. The fourth-order valence-corrected chi connectivity index (χ4v) is 2.85. The lowest BCUT2D eigenvalue weighted by Crippen LogP contribution is -2.36. The second-order valence-corrected chi connectivity index (χ2v) is 5.40. The summed E-state index contributed by atoms with van der Waals surface area (Å²) in [7, 11) is 1.60. The van der Waals surface area contributed by atoms with Crippen molar-refractivity contribution < 1.29 is 14.2 Å². The summed E-state index contributed by atoms with van der Waals surface area (Å²) < 4.78 is 17.9. The lowest BCUT2D eigenvalue weighted by atomic mass is 9.97. The highest BCUT2D eigenvalue weighted by Crippen LogP contribution is 2.31. The maximum Gasteiger partial charge on any atom is 0.123 e. The van der Waals surface area contributed by atoms with Crippen LogP contribution in [0.4, 0.5) is 4.39 Å². The zero-order chi connectivity index (χ0) is 13.8. The fraction of sp³-hybridized carbons (Fsp3) is 0.600. The standard InChI is InChI=1S/C15H22FNO2/c1-11-7-13(12-3-5-14(16)6-4-12)8-17(11)9-15(18)10-19-2/h3-6,11,13,15,18H,7-10H2,1-2H3/t11-,13+,15-/m1/s1. The van der Waals surface area contributed by atoms with Gasteiger partial charge in [0.1, 0.15) is 5.82 Å². The summed E-state index contributed by atoms with van der Waals surface area (Å²) in [6, 6.07) is 7.19. The summed E-state index contributed by atoms with van der Waals surface area (Å²) >= 11 is 0. The molecule has 1 saturated heterocycles. The molecule has 3 nitrogen and oxygen atoms in total. The Bertz CT molecular complexity index is 396. The molecule has 0 spiro atoms. The number of aliphatic hydroxyl groups excluding tert-OH is 1. The molecule has 0 radical (unpaired) electrons. The maximum absolute atomic E-state index is 12.9. The topological polar surface area (TPSA) is 32.7 Å². The van der Waals surface area contributed by atoms with Gasteiger partial charge in [-0.25, -0.2) is 4.39 Å². The minimum absolute atomic E-state index is 0.192. The third-order valence-electron chi connectivity index (χ3n) is 3.85. The Labute approximate surface area is 114 Å². The van der Waals surface area contributed by atoms with E-state index in [9.17, 15) is 9.50 Å². The number of rotatable bonds is 5. The van der Waals surface area contributed by atoms with E-state index in [-0.39, 0.29) is 5.82 Å². The number of ether oxygens (including phenoxy) is 1. The van der Waals surface area contributed by atoms with Crippen molar-refractivity contribution in [1.29, 1.82) is 0 Å². The van der Waals surface area contributed by atoms with Crippen molar-refractivity contribution in [2.24, 2.45) is 0 Å². The van der Waals surface area contributed by atoms with Gasteiger partial charge in [-0.2, -0.15) is 0 Å². The van der Waals surface area contributed by atoms with Crippen LogP contribution in [0.5, 0.6) is 0 Å². The molecule has 1 aromatic carbocycles. The third-order valence-corrected chi connectivity index (χ3v) is 3.85. The van der Waals surface area contributed by atoms with Gasteiger partial charge >= 0.3 is 0 Å². The molecule has 1 N–H and O–H groups in total. The van der Waals surface area contributed by atoms with Crippen LogP contribution in [0.25, 0.3) is 0 Å². The van der Waals surface area contributed by atoms with Crippen molar-refractivity contribution in [1.82, 2.24) is 4.90 Å². The molecule has 106 valence electrons. The molecular formula is C15H22FNO2. The number of hydrogen-bond acceptors (Lipinski definition) is 3. The largest absolute Gasteiger partial charge is 0.389 e. The average molecular weight is 267 g/mol. The van der Waals surface area contributed by atoms with Crippen molar-refractivity contribution in [3.05, 3.63) is 35.6 Å². The van der Waals surface area contributed by atoms with Crippen LogP contribution in [0.15, 0.2) is 24.3 Å². The van der Waals surface area contributed by atoms with Gasteiger partial charge in [-0.3, -0.25) is 4.90 Å². The van der Waals surface area contributed by atoms with Gasteiger partial charge in [-0.15, -0.1) is 0 Å². The first-order valence-corrected chi connectivity index (χ1v) is 6.76. The van der Waals surface area contributed by atoms with E-state index in [1.165, 1.54) is 17.7 Å². The van der Waals surface area contributed by atoms with Crippen molar-refractivity contribution >= 4 is 0 Å². The van der Waals surface area contributed by atoms with E-state index in [4.69, 9.17) is 4.74 Å². The number of halogens is 1. The SMILES string of the molecule is COC[C@H](O)CN1C[C@@H](c2ccc(F)cc2)C[C@H]1C. The van der Waals surface area contributed by atoms with E-state index < -0.39 is 6.10 Å². The first kappa shape index (κ1) is 14.4. The van der Waals surface area contributed by atoms with E-state index in [2.05, 4.69) is 11.8 Å². The molecule has 19 heavy (non-hydrogen) atoms. The quantitative estimate of drug-likeness (QED) is 0.886. The Morgan fingerprint density at radius 3 is 2.74 bits per heavy atom. The summed E-state index contributed by atoms with van der Waals surface area (Å²) in [5.74, 6) is 0.229. The van der Waals surface area contributed by atoms with Gasteiger partial charge in [0.25, 0.3) is 0 Å². The van der Waals surface area contributed by atoms with Gasteiger partial charge in [0.15, 0.2) is 0 Å². The van der Waals surface area contributed by atoms with Crippen LogP contribution in [0.2, 0.25) is 0 Å². The predicted octanol–water partition coefficient (Wildman–Crippen LogP) is 2.01. The van der Waals surface area contributed by atoms with Crippen LogP contribution >= 0.6 is 0 Å². The van der Waals surface area contributed by atoms with Gasteiger partial charge in [-0.1, -0.05) is 12.1 Å². The number of likely N-dealkylation sites (tertiary alicyclic amines) is 1. The molecular weight excluding hydrogens is 245 g/mol. The van der Waals surface area contributed by atoms with E-state index in [1.807, 2.05) is 12.1 Å². The first-order valence-electron chi connectivity index (χ1n) is 6.76. The Morgan fingerprint density at radius 2 is 2.11 bits per heavy atom. The van der Waals surface area contributed by atoms with E-state index >= 15 is 0 Å². The molecule has 1 fully saturated rings. The van der Waals surface area contributed by atoms with Crippen molar-refractivity contribution in [2.45, 2.75) is 31.4 Å². The van der Waals surface area contributed by atoms with E-state index in [1.54, 1.807) is 7.11 Å². The number of β-amino-alcohol motifs (C(OH)–C–C–N with tert-alkyl or cyclic N) is 1. The number of nitrogens with zero attached hydrogens (tertiary/aromatic N) is 1. The molecule has 1 heterocycles. The minimum atomic E-state index is -0.445. The Hall–Kier alpha value is -0.970. The molecule has 0 amide bonds. The van der Waals surface area contributed by atoms with Gasteiger partial charge in [-0.05, 0) is 37.0 Å². The lowest BCUT2D eigenvalue weighted by molar-refractivity contribution is 0.0360. The monoisotopic (exact) mass is 267 g/mol. The number of benzene rings is 1. The summed E-state index contributed by atoms with van der Waals surface area (Å²) in [6.45, 7) is 4.08. The highest BCUT2D eigenvalue weighted by Gasteiger charge is 2.30. The number of methoxy groups -OCH3 is 1. The summed E-state index contributed by atoms with van der Waals surface area (Å²) in [5.41, 5.74) is 1.18. The minimum Gasteiger partial charge on any atom is -0.389 e. The van der Waals surface area contributed by atoms with Gasteiger partial charge in [0.2, 0.25) is 0 Å². The van der Waals surface area contributed by atoms with Crippen molar-refractivity contribution in [3.8, 4) is 0 Å². The molecule has 0 bridgehead atoms. The maximum atomic E-state index is 12.9. The molecule has 0 aromatic heterocycles. The fourth-order valence-electron chi connectivity index (χ4n) is 2.85.